The lowest BCUT2D eigenvalue weighted by molar-refractivity contribution is -0.0256. The average Bonchev–Trinajstić information content (AvgIpc) is 2.09. The van der Waals surface area contributed by atoms with Crippen molar-refractivity contribution in [2.75, 3.05) is 20.1 Å². The second-order valence-electron chi connectivity index (χ2n) is 4.76. The van der Waals surface area contributed by atoms with Gasteiger partial charge in [-0.3, -0.25) is 0 Å². The van der Waals surface area contributed by atoms with E-state index in [9.17, 15) is 4.39 Å². The number of allylic oxidation sites excluding steroid dienone is 1. The molecular formula is C12H22FN. The Labute approximate surface area is 87.0 Å². The van der Waals surface area contributed by atoms with Gasteiger partial charge in [0.15, 0.2) is 0 Å². The summed E-state index contributed by atoms with van der Waals surface area (Å²) in [5, 5.41) is 0. The highest BCUT2D eigenvalue weighted by molar-refractivity contribution is 4.96. The van der Waals surface area contributed by atoms with E-state index in [0.29, 0.717) is 5.41 Å². The molecule has 1 heterocycles. The molecule has 0 aromatic rings. The normalized spacial score (nSPS) is 26.2. The van der Waals surface area contributed by atoms with E-state index in [-0.39, 0.29) is 0 Å². The van der Waals surface area contributed by atoms with Gasteiger partial charge in [-0.25, -0.2) is 4.39 Å². The fourth-order valence-corrected chi connectivity index (χ4v) is 2.61. The van der Waals surface area contributed by atoms with Gasteiger partial charge in [-0.2, -0.15) is 0 Å². The second-order valence-corrected chi connectivity index (χ2v) is 4.76. The van der Waals surface area contributed by atoms with E-state index in [2.05, 4.69) is 18.5 Å². The van der Waals surface area contributed by atoms with Crippen LogP contribution in [-0.4, -0.2) is 31.2 Å². The maximum atomic E-state index is 12.8. The zero-order valence-corrected chi connectivity index (χ0v) is 9.43. The SMILES string of the molecule is C=CC.CN1CC2(CCC(F)CC2)C1. The first-order valence-electron chi connectivity index (χ1n) is 5.51. The fourth-order valence-electron chi connectivity index (χ4n) is 2.61. The molecule has 0 aromatic carbocycles. The number of likely N-dealkylation sites (tertiary alicyclic amines) is 1. The van der Waals surface area contributed by atoms with Gasteiger partial charge in [-0.05, 0) is 45.1 Å². The molecule has 1 nitrogen and oxygen atoms in total. The van der Waals surface area contributed by atoms with Crippen LogP contribution in [0.3, 0.4) is 0 Å². The Balaban J connectivity index is 0.000000293. The molecular weight excluding hydrogens is 177 g/mol. The van der Waals surface area contributed by atoms with Gasteiger partial charge >= 0.3 is 0 Å². The third-order valence-electron chi connectivity index (χ3n) is 3.19. The van der Waals surface area contributed by atoms with Crippen LogP contribution < -0.4 is 0 Å². The van der Waals surface area contributed by atoms with Crippen molar-refractivity contribution in [2.24, 2.45) is 5.41 Å². The molecule has 0 radical (unpaired) electrons. The molecule has 82 valence electrons. The number of nitrogens with zero attached hydrogens (tertiary/aromatic N) is 1. The van der Waals surface area contributed by atoms with E-state index in [4.69, 9.17) is 0 Å². The molecule has 2 heteroatoms. The lowest BCUT2D eigenvalue weighted by atomic mass is 9.68. The standard InChI is InChI=1S/C9H16FN.C3H6/c1-11-6-9(7-11)4-2-8(10)3-5-9;1-3-2/h8H,2-7H2,1H3;3H,1H2,2H3. The summed E-state index contributed by atoms with van der Waals surface area (Å²) < 4.78 is 12.8. The Kier molecular flexibility index (Phi) is 4.11. The Morgan fingerprint density at radius 2 is 1.79 bits per heavy atom. The van der Waals surface area contributed by atoms with Gasteiger partial charge in [0.25, 0.3) is 0 Å². The molecule has 0 bridgehead atoms. The number of hydrogen-bond donors (Lipinski definition) is 0. The smallest absolute Gasteiger partial charge is 0.100 e. The largest absolute Gasteiger partial charge is 0.305 e. The Morgan fingerprint density at radius 1 is 1.36 bits per heavy atom. The molecule has 1 saturated carbocycles. The molecule has 14 heavy (non-hydrogen) atoms. The fraction of sp³-hybridized carbons (Fsp3) is 0.833. The molecule has 1 saturated heterocycles. The van der Waals surface area contributed by atoms with Gasteiger partial charge in [0, 0.05) is 13.1 Å². The third kappa shape index (κ3) is 2.81. The van der Waals surface area contributed by atoms with Crippen LogP contribution in [0.2, 0.25) is 0 Å². The summed E-state index contributed by atoms with van der Waals surface area (Å²) in [4.78, 5) is 2.33. The molecule has 1 aliphatic carbocycles. The Morgan fingerprint density at radius 3 is 2.14 bits per heavy atom. The molecule has 2 aliphatic rings. The summed E-state index contributed by atoms with van der Waals surface area (Å²) in [7, 11) is 2.15. The minimum absolute atomic E-state index is 0.494. The maximum absolute atomic E-state index is 12.8. The number of rotatable bonds is 0. The second kappa shape index (κ2) is 4.92. The molecule has 2 rings (SSSR count). The van der Waals surface area contributed by atoms with Crippen LogP contribution in [-0.2, 0) is 0 Å². The lowest BCUT2D eigenvalue weighted by Gasteiger charge is -2.51. The lowest BCUT2D eigenvalue weighted by Crippen LogP contribution is -2.55. The van der Waals surface area contributed by atoms with Crippen molar-refractivity contribution in [2.45, 2.75) is 38.8 Å². The van der Waals surface area contributed by atoms with Gasteiger partial charge < -0.3 is 4.90 Å². The van der Waals surface area contributed by atoms with Crippen LogP contribution in [0.1, 0.15) is 32.6 Å². The monoisotopic (exact) mass is 199 g/mol. The zero-order valence-electron chi connectivity index (χ0n) is 9.43. The zero-order chi connectivity index (χ0) is 10.6. The van der Waals surface area contributed by atoms with Crippen molar-refractivity contribution < 1.29 is 4.39 Å². The number of alkyl halides is 1. The van der Waals surface area contributed by atoms with E-state index in [0.717, 1.165) is 25.7 Å². The van der Waals surface area contributed by atoms with E-state index < -0.39 is 6.17 Å². The maximum Gasteiger partial charge on any atom is 0.100 e. The minimum atomic E-state index is -0.494. The van der Waals surface area contributed by atoms with Crippen molar-refractivity contribution in [3.05, 3.63) is 12.7 Å². The summed E-state index contributed by atoms with van der Waals surface area (Å²) in [6, 6.07) is 0. The Bertz CT molecular complexity index is 175. The highest BCUT2D eigenvalue weighted by Crippen LogP contribution is 2.43. The van der Waals surface area contributed by atoms with Crippen LogP contribution in [0.25, 0.3) is 0 Å². The molecule has 0 atom stereocenters. The predicted octanol–water partition coefficient (Wildman–Crippen LogP) is 3.02. The van der Waals surface area contributed by atoms with E-state index in [1.54, 1.807) is 6.08 Å². The summed E-state index contributed by atoms with van der Waals surface area (Å²) in [5.41, 5.74) is 0.539. The Hall–Kier alpha value is -0.370. The minimum Gasteiger partial charge on any atom is -0.305 e. The first-order chi connectivity index (χ1) is 6.62. The van der Waals surface area contributed by atoms with Crippen molar-refractivity contribution in [3.8, 4) is 0 Å². The van der Waals surface area contributed by atoms with Crippen molar-refractivity contribution in [3.63, 3.8) is 0 Å². The highest BCUT2D eigenvalue weighted by Gasteiger charge is 2.43. The number of halogens is 1. The first-order valence-corrected chi connectivity index (χ1v) is 5.51. The van der Waals surface area contributed by atoms with Gasteiger partial charge in [-0.15, -0.1) is 6.58 Å². The van der Waals surface area contributed by atoms with Crippen LogP contribution in [0.5, 0.6) is 0 Å². The predicted molar refractivity (Wildman–Crippen MR) is 59.2 cm³/mol. The van der Waals surface area contributed by atoms with Crippen molar-refractivity contribution in [1.82, 2.24) is 4.90 Å². The van der Waals surface area contributed by atoms with Gasteiger partial charge in [0.2, 0.25) is 0 Å². The summed E-state index contributed by atoms with van der Waals surface area (Å²) >= 11 is 0. The molecule has 0 aromatic heterocycles. The molecule has 1 aliphatic heterocycles. The molecule has 2 fully saturated rings. The van der Waals surface area contributed by atoms with Crippen LogP contribution in [0.15, 0.2) is 12.7 Å². The van der Waals surface area contributed by atoms with Gasteiger partial charge in [0.1, 0.15) is 6.17 Å². The van der Waals surface area contributed by atoms with Crippen LogP contribution >= 0.6 is 0 Å². The quantitative estimate of drug-likeness (QED) is 0.542. The summed E-state index contributed by atoms with van der Waals surface area (Å²) in [5.74, 6) is 0. The molecule has 0 unspecified atom stereocenters. The van der Waals surface area contributed by atoms with Crippen molar-refractivity contribution in [1.29, 1.82) is 0 Å². The van der Waals surface area contributed by atoms with E-state index >= 15 is 0 Å². The van der Waals surface area contributed by atoms with E-state index in [1.165, 1.54) is 13.1 Å². The first kappa shape index (κ1) is 11.7. The topological polar surface area (TPSA) is 3.24 Å². The van der Waals surface area contributed by atoms with Gasteiger partial charge in [-0.1, -0.05) is 6.08 Å². The average molecular weight is 199 g/mol. The summed E-state index contributed by atoms with van der Waals surface area (Å²) in [6.45, 7) is 7.67. The third-order valence-corrected chi connectivity index (χ3v) is 3.19. The van der Waals surface area contributed by atoms with Gasteiger partial charge in [0.05, 0.1) is 0 Å². The molecule has 0 amide bonds. The highest BCUT2D eigenvalue weighted by atomic mass is 19.1. The van der Waals surface area contributed by atoms with E-state index in [1.807, 2.05) is 6.92 Å². The van der Waals surface area contributed by atoms with Crippen LogP contribution in [0.4, 0.5) is 4.39 Å². The molecule has 1 spiro atoms. The summed E-state index contributed by atoms with van der Waals surface area (Å²) in [6.07, 6.45) is 5.13. The number of hydrogen-bond acceptors (Lipinski definition) is 1. The molecule has 0 N–H and O–H groups in total. The van der Waals surface area contributed by atoms with Crippen molar-refractivity contribution >= 4 is 0 Å². The van der Waals surface area contributed by atoms with Crippen LogP contribution in [0, 0.1) is 5.41 Å².